The Morgan fingerprint density at radius 1 is 1.23 bits per heavy atom. The van der Waals surface area contributed by atoms with Crippen molar-refractivity contribution in [3.63, 3.8) is 0 Å². The van der Waals surface area contributed by atoms with Gasteiger partial charge in [-0.15, -0.1) is 0 Å². The van der Waals surface area contributed by atoms with Crippen LogP contribution in [-0.4, -0.2) is 67.0 Å². The third-order valence-corrected chi connectivity index (χ3v) is 4.93. The molecular formula is C19H26FN3O3. The lowest BCUT2D eigenvalue weighted by Crippen LogP contribution is -2.52. The number of benzene rings is 1. The number of nitrogens with one attached hydrogen (secondary N) is 1. The first-order valence-corrected chi connectivity index (χ1v) is 9.15. The number of piperidine rings is 1. The average molecular weight is 363 g/mol. The van der Waals surface area contributed by atoms with Gasteiger partial charge in [-0.25, -0.2) is 4.39 Å². The number of amides is 2. The zero-order chi connectivity index (χ0) is 18.5. The van der Waals surface area contributed by atoms with Gasteiger partial charge < -0.3 is 15.0 Å². The Labute approximate surface area is 153 Å². The molecule has 0 radical (unpaired) electrons. The van der Waals surface area contributed by atoms with E-state index < -0.39 is 0 Å². The monoisotopic (exact) mass is 363 g/mol. The number of carbonyl (C=O) groups is 2. The van der Waals surface area contributed by atoms with Crippen LogP contribution in [0.3, 0.4) is 0 Å². The number of ether oxygens (including phenoxy) is 1. The van der Waals surface area contributed by atoms with Gasteiger partial charge in [-0.3, -0.25) is 14.5 Å². The van der Waals surface area contributed by atoms with Crippen molar-refractivity contribution >= 4 is 11.8 Å². The zero-order valence-electron chi connectivity index (χ0n) is 15.1. The van der Waals surface area contributed by atoms with Crippen molar-refractivity contribution < 1.29 is 18.7 Å². The van der Waals surface area contributed by atoms with Gasteiger partial charge in [0, 0.05) is 39.1 Å². The predicted octanol–water partition coefficient (Wildman–Crippen LogP) is 1.33. The number of nitrogens with zero attached hydrogens (tertiary/aromatic N) is 2. The maximum absolute atomic E-state index is 13.1. The van der Waals surface area contributed by atoms with Gasteiger partial charge in [0.1, 0.15) is 5.82 Å². The van der Waals surface area contributed by atoms with Crippen molar-refractivity contribution in [3.8, 4) is 0 Å². The van der Waals surface area contributed by atoms with E-state index in [4.69, 9.17) is 4.74 Å². The van der Waals surface area contributed by atoms with E-state index in [-0.39, 0.29) is 29.8 Å². The van der Waals surface area contributed by atoms with Crippen LogP contribution in [-0.2, 0) is 14.3 Å². The maximum Gasteiger partial charge on any atom is 0.236 e. The largest absolute Gasteiger partial charge is 0.371 e. The number of halogens is 1. The zero-order valence-corrected chi connectivity index (χ0v) is 15.1. The minimum Gasteiger partial charge on any atom is -0.371 e. The number of carbonyl (C=O) groups excluding carboxylic acids is 2. The van der Waals surface area contributed by atoms with Crippen LogP contribution in [0.4, 0.5) is 4.39 Å². The summed E-state index contributed by atoms with van der Waals surface area (Å²) >= 11 is 0. The van der Waals surface area contributed by atoms with Crippen molar-refractivity contribution in [2.24, 2.45) is 0 Å². The van der Waals surface area contributed by atoms with Gasteiger partial charge in [-0.2, -0.15) is 0 Å². The maximum atomic E-state index is 13.1. The van der Waals surface area contributed by atoms with Gasteiger partial charge in [0.15, 0.2) is 0 Å². The standard InChI is InChI=1S/C19H26FN3O3/c1-14(24)21-17-3-2-8-23(11-17)19(25)13-22-9-10-26-18(12-22)15-4-6-16(20)7-5-15/h4-7,17-18H,2-3,8-13H2,1H3,(H,21,24)/t17-,18+/m0/s1. The van der Waals surface area contributed by atoms with Crippen LogP contribution in [0.25, 0.3) is 0 Å². The second-order valence-electron chi connectivity index (χ2n) is 7.03. The molecule has 2 aliphatic heterocycles. The van der Waals surface area contributed by atoms with Crippen LogP contribution in [0.2, 0.25) is 0 Å². The lowest BCUT2D eigenvalue weighted by molar-refractivity contribution is -0.136. The molecule has 2 atom stereocenters. The summed E-state index contributed by atoms with van der Waals surface area (Å²) in [6.07, 6.45) is 1.66. The lowest BCUT2D eigenvalue weighted by Gasteiger charge is -2.36. The molecular weight excluding hydrogens is 337 g/mol. The van der Waals surface area contributed by atoms with E-state index >= 15 is 0 Å². The fourth-order valence-corrected chi connectivity index (χ4v) is 3.63. The molecule has 7 heteroatoms. The topological polar surface area (TPSA) is 61.9 Å². The number of hydrogen-bond acceptors (Lipinski definition) is 4. The fraction of sp³-hybridized carbons (Fsp3) is 0.579. The summed E-state index contributed by atoms with van der Waals surface area (Å²) in [5.41, 5.74) is 0.923. The van der Waals surface area contributed by atoms with Crippen LogP contribution in [0.15, 0.2) is 24.3 Å². The molecule has 6 nitrogen and oxygen atoms in total. The summed E-state index contributed by atoms with van der Waals surface area (Å²) in [6, 6.07) is 6.36. The van der Waals surface area contributed by atoms with E-state index in [0.717, 1.165) is 24.9 Å². The van der Waals surface area contributed by atoms with Gasteiger partial charge in [0.05, 0.1) is 19.3 Å². The average Bonchev–Trinajstić information content (AvgIpc) is 2.62. The molecule has 26 heavy (non-hydrogen) atoms. The molecule has 2 amide bonds. The second-order valence-corrected chi connectivity index (χ2v) is 7.03. The molecule has 1 aromatic rings. The van der Waals surface area contributed by atoms with Gasteiger partial charge in [0.25, 0.3) is 0 Å². The van der Waals surface area contributed by atoms with E-state index in [1.54, 1.807) is 12.1 Å². The third-order valence-electron chi connectivity index (χ3n) is 4.93. The number of morpholine rings is 1. The summed E-state index contributed by atoms with van der Waals surface area (Å²) < 4.78 is 18.9. The van der Waals surface area contributed by atoms with Gasteiger partial charge in [-0.05, 0) is 30.5 Å². The molecule has 0 aromatic heterocycles. The first-order chi connectivity index (χ1) is 12.5. The smallest absolute Gasteiger partial charge is 0.236 e. The van der Waals surface area contributed by atoms with E-state index in [1.807, 2.05) is 4.90 Å². The van der Waals surface area contributed by atoms with Crippen LogP contribution in [0.5, 0.6) is 0 Å². The highest BCUT2D eigenvalue weighted by Gasteiger charge is 2.28. The van der Waals surface area contributed by atoms with Crippen LogP contribution in [0.1, 0.15) is 31.4 Å². The number of hydrogen-bond donors (Lipinski definition) is 1. The molecule has 142 valence electrons. The Morgan fingerprint density at radius 2 is 2.00 bits per heavy atom. The summed E-state index contributed by atoms with van der Waals surface area (Å²) in [4.78, 5) is 27.8. The summed E-state index contributed by atoms with van der Waals surface area (Å²) in [5, 5.41) is 2.91. The van der Waals surface area contributed by atoms with Crippen LogP contribution < -0.4 is 5.32 Å². The van der Waals surface area contributed by atoms with E-state index in [2.05, 4.69) is 10.2 Å². The number of likely N-dealkylation sites (tertiary alicyclic amines) is 1. The predicted molar refractivity (Wildman–Crippen MR) is 95.0 cm³/mol. The Kier molecular flexibility index (Phi) is 6.21. The minimum absolute atomic E-state index is 0.0434. The van der Waals surface area contributed by atoms with Crippen molar-refractivity contribution in [1.29, 1.82) is 0 Å². The Hall–Kier alpha value is -1.99. The second kappa shape index (κ2) is 8.60. The first kappa shape index (κ1) is 18.8. The van der Waals surface area contributed by atoms with Gasteiger partial charge >= 0.3 is 0 Å². The molecule has 1 aromatic carbocycles. The summed E-state index contributed by atoms with van der Waals surface area (Å²) in [7, 11) is 0. The highest BCUT2D eigenvalue weighted by Crippen LogP contribution is 2.22. The molecule has 0 saturated carbocycles. The molecule has 2 heterocycles. The quantitative estimate of drug-likeness (QED) is 0.877. The highest BCUT2D eigenvalue weighted by atomic mass is 19.1. The normalized spacial score (nSPS) is 24.3. The van der Waals surface area contributed by atoms with Crippen molar-refractivity contribution in [2.45, 2.75) is 31.9 Å². The van der Waals surface area contributed by atoms with Crippen LogP contribution >= 0.6 is 0 Å². The summed E-state index contributed by atoms with van der Waals surface area (Å²) in [6.45, 7) is 5.01. The molecule has 3 rings (SSSR count). The van der Waals surface area contributed by atoms with E-state index in [1.165, 1.54) is 19.1 Å². The van der Waals surface area contributed by atoms with Crippen molar-refractivity contribution in [1.82, 2.24) is 15.1 Å². The SMILES string of the molecule is CC(=O)N[C@H]1CCCN(C(=O)CN2CCO[C@@H](c3ccc(F)cc3)C2)C1. The molecule has 0 unspecified atom stereocenters. The first-order valence-electron chi connectivity index (χ1n) is 9.15. The Balaban J connectivity index is 1.53. The van der Waals surface area contributed by atoms with Crippen molar-refractivity contribution in [3.05, 3.63) is 35.6 Å². The molecule has 2 fully saturated rings. The Morgan fingerprint density at radius 3 is 2.73 bits per heavy atom. The number of rotatable bonds is 4. The van der Waals surface area contributed by atoms with E-state index in [0.29, 0.717) is 32.8 Å². The fourth-order valence-electron chi connectivity index (χ4n) is 3.63. The van der Waals surface area contributed by atoms with Crippen molar-refractivity contribution in [2.75, 3.05) is 39.3 Å². The van der Waals surface area contributed by atoms with Crippen LogP contribution in [0, 0.1) is 5.82 Å². The molecule has 2 aliphatic rings. The van der Waals surface area contributed by atoms with Gasteiger partial charge in [0.2, 0.25) is 11.8 Å². The molecule has 0 aliphatic carbocycles. The summed E-state index contributed by atoms with van der Waals surface area (Å²) in [5.74, 6) is -0.241. The Bertz CT molecular complexity index is 637. The molecule has 0 bridgehead atoms. The highest BCUT2D eigenvalue weighted by molar-refractivity contribution is 5.78. The molecule has 0 spiro atoms. The third kappa shape index (κ3) is 5.02. The van der Waals surface area contributed by atoms with Gasteiger partial charge in [-0.1, -0.05) is 12.1 Å². The van der Waals surface area contributed by atoms with E-state index in [9.17, 15) is 14.0 Å². The lowest BCUT2D eigenvalue weighted by atomic mass is 10.1. The minimum atomic E-state index is -0.268. The molecule has 1 N–H and O–H groups in total. The molecule has 2 saturated heterocycles.